The van der Waals surface area contributed by atoms with Crippen molar-refractivity contribution in [2.75, 3.05) is 0 Å². The molecule has 0 spiro atoms. The first-order valence-electron chi connectivity index (χ1n) is 39.1. The third-order valence-electron chi connectivity index (χ3n) is 19.6. The van der Waals surface area contributed by atoms with Gasteiger partial charge < -0.3 is 24.7 Å². The minimum atomic E-state index is -3.24. The van der Waals surface area contributed by atoms with Crippen molar-refractivity contribution >= 4 is 164 Å². The van der Waals surface area contributed by atoms with Crippen molar-refractivity contribution in [3.63, 3.8) is 0 Å². The van der Waals surface area contributed by atoms with E-state index >= 15 is 0 Å². The number of hydrogen-bond acceptors (Lipinski definition) is 0. The number of halogens is 1. The summed E-state index contributed by atoms with van der Waals surface area (Å²) in [6.45, 7) is 0. The zero-order valence-corrected chi connectivity index (χ0v) is 83.4. The third-order valence-corrected chi connectivity index (χ3v) is 55.8. The Morgan fingerprint density at radius 1 is 0.126 bits per heavy atom. The van der Waals surface area contributed by atoms with Gasteiger partial charge in [-0.1, -0.05) is 0 Å². The van der Waals surface area contributed by atoms with Gasteiger partial charge in [0.05, 0.1) is 0 Å². The van der Waals surface area contributed by atoms with E-state index in [0.717, 1.165) is 0 Å². The predicted molar refractivity (Wildman–Crippen MR) is 519 cm³/mol. The van der Waals surface area contributed by atoms with Crippen LogP contribution in [0.5, 0.6) is 0 Å². The molecule has 577 valence electrons. The van der Waals surface area contributed by atoms with Gasteiger partial charge in [-0.2, -0.15) is 0 Å². The van der Waals surface area contributed by atoms with Crippen LogP contribution in [-0.4, -0.2) is 85.2 Å². The molecule has 0 bridgehead atoms. The van der Waals surface area contributed by atoms with Crippen LogP contribution in [0.4, 0.5) is 0 Å². The Hall–Kier alpha value is -9.74. The van der Waals surface area contributed by atoms with Crippen LogP contribution in [0.1, 0.15) is 0 Å². The topological polar surface area (TPSA) is 90.8 Å². The number of rotatable bonds is 18. The molecule has 0 aliphatic carbocycles. The Balaban J connectivity index is 0.000000162. The first kappa shape index (κ1) is 93.1. The van der Waals surface area contributed by atoms with Crippen LogP contribution in [0.2, 0.25) is 0 Å². The third kappa shape index (κ3) is 27.1. The SMILES string of the molecule is [Cl-].[Hf+4].[NH-][Ge]([c]1ccccc1)([c]1ccccc1)[c]1ccccc1.[NH2-].[NH2-].c1cc[c]([Ge]([c]2ccccc2)[c]2ccccc2)cc1.c1cc[c]([Ge]([c]2ccccc2)[c]2ccccc2)cc1.c1cc[c]([Ge]([c]2ccccc2)[c]2ccccc2)cc1.c1cc[c]([Ge]([c]2ccccc2)[c]2ccccc2)cc1.c1cc[c]([Ge]([c]2ccccc2)[c]2ccccc2)cc1. The molecule has 0 aromatic heterocycles. The summed E-state index contributed by atoms with van der Waals surface area (Å²) in [6, 6.07) is 195. The second-order valence-electron chi connectivity index (χ2n) is 27.2. The molecular formula is C108H95ClGe6HfN3. The molecule has 3 nitrogen and oxygen atoms in total. The summed E-state index contributed by atoms with van der Waals surface area (Å²) in [7, 11) is 0. The molecule has 0 atom stereocenters. The molecule has 18 aromatic carbocycles. The van der Waals surface area contributed by atoms with Crippen LogP contribution in [0.25, 0.3) is 17.0 Å². The van der Waals surface area contributed by atoms with E-state index in [2.05, 4.69) is 491 Å². The zero-order valence-electron chi connectivity index (χ0n) is 66.5. The van der Waals surface area contributed by atoms with Crippen LogP contribution in [-0.2, 0) is 25.8 Å². The Kier molecular flexibility index (Phi) is 40.4. The van der Waals surface area contributed by atoms with E-state index in [1.807, 2.05) is 54.6 Å². The summed E-state index contributed by atoms with van der Waals surface area (Å²) in [5, 5.41) is 0. The molecule has 5 N–H and O–H groups in total. The van der Waals surface area contributed by atoms with Crippen molar-refractivity contribution in [2.45, 2.75) is 0 Å². The van der Waals surface area contributed by atoms with Gasteiger partial charge in [-0.25, -0.2) is 0 Å². The van der Waals surface area contributed by atoms with E-state index in [0.29, 0.717) is 0 Å². The predicted octanol–water partition coefficient (Wildman–Crippen LogP) is 12.2. The molecule has 0 saturated heterocycles. The zero-order chi connectivity index (χ0) is 78.4. The average molecular weight is 2080 g/mol. The van der Waals surface area contributed by atoms with E-state index < -0.39 is 85.2 Å². The summed E-state index contributed by atoms with van der Waals surface area (Å²) in [4.78, 5) is 0. The monoisotopic (exact) mass is 2090 g/mol. The average Bonchev–Trinajstić information content (AvgIpc) is 0.773. The summed E-state index contributed by atoms with van der Waals surface area (Å²) in [6.07, 6.45) is 0. The maximum absolute atomic E-state index is 9.33. The van der Waals surface area contributed by atoms with Gasteiger partial charge in [0.2, 0.25) is 0 Å². The van der Waals surface area contributed by atoms with Gasteiger partial charge in [0.1, 0.15) is 0 Å². The van der Waals surface area contributed by atoms with Gasteiger partial charge >= 0.3 is 741 Å². The Labute approximate surface area is 757 Å². The fourth-order valence-electron chi connectivity index (χ4n) is 14.1. The normalized spacial score (nSPS) is 10.3. The van der Waals surface area contributed by atoms with Crippen LogP contribution in [0.15, 0.2) is 546 Å². The molecule has 0 aliphatic rings. The van der Waals surface area contributed by atoms with Gasteiger partial charge in [0, 0.05) is 0 Å². The summed E-state index contributed by atoms with van der Waals surface area (Å²) in [5.41, 5.74) is 0. The van der Waals surface area contributed by atoms with Crippen LogP contribution in [0.3, 0.4) is 0 Å². The molecule has 0 aliphatic heterocycles. The Morgan fingerprint density at radius 3 is 0.269 bits per heavy atom. The van der Waals surface area contributed by atoms with E-state index in [1.165, 1.54) is 79.1 Å². The minimum absolute atomic E-state index is 0. The number of benzene rings is 18. The van der Waals surface area contributed by atoms with Crippen LogP contribution in [0, 0.1) is 0 Å². The molecule has 0 amide bonds. The number of nitrogens with two attached hydrogens (primary N) is 2. The molecule has 18 aromatic rings. The standard InChI is InChI=1S/C18H16GeN.5C18H15Ge.ClH.Hf.2H2N/c20-19(16-10-4-1-5-11-16,17-12-6-2-7-13-17)18-14-8-3-9-15-18;5*1-4-10-16(11-5-1)19(17-12-6-2-7-13-17)18-14-8-3-9-15-18;;;;/h1-15,20H;5*1-15H;1H;;2*1H2/q-1;;;;;;;+4;2*-1/p-1. The summed E-state index contributed by atoms with van der Waals surface area (Å²) < 4.78 is 35.3. The molecular weight excluding hydrogens is 1990 g/mol. The fraction of sp³-hybridized carbons (Fsp3) is 0. The van der Waals surface area contributed by atoms with E-state index in [1.54, 1.807) is 0 Å². The molecule has 0 saturated carbocycles. The first-order valence-corrected chi connectivity index (χ1v) is 59.1. The maximum atomic E-state index is 9.33. The molecule has 18 rings (SSSR count). The van der Waals surface area contributed by atoms with Crippen molar-refractivity contribution in [2.24, 2.45) is 0 Å². The van der Waals surface area contributed by atoms with Crippen LogP contribution >= 0.6 is 0 Å². The van der Waals surface area contributed by atoms with Crippen molar-refractivity contribution in [3.05, 3.63) is 563 Å². The van der Waals surface area contributed by atoms with Gasteiger partial charge in [-0.3, -0.25) is 0 Å². The summed E-state index contributed by atoms with van der Waals surface area (Å²) >= 11 is -11.4. The molecule has 0 unspecified atom stereocenters. The van der Waals surface area contributed by atoms with Gasteiger partial charge in [0.25, 0.3) is 0 Å². The van der Waals surface area contributed by atoms with E-state index in [4.69, 9.17) is 0 Å². The van der Waals surface area contributed by atoms with E-state index in [-0.39, 0.29) is 50.6 Å². The molecule has 119 heavy (non-hydrogen) atoms. The number of hydrogen-bond donors (Lipinski definition) is 0. The van der Waals surface area contributed by atoms with Gasteiger partial charge in [0.15, 0.2) is 0 Å². The molecule has 0 heterocycles. The van der Waals surface area contributed by atoms with Crippen molar-refractivity contribution < 1.29 is 38.3 Å². The number of nitrogens with one attached hydrogen (secondary N) is 1. The molecule has 5 radical (unpaired) electrons. The Bertz CT molecular complexity index is 4380. The molecule has 11 heteroatoms. The van der Waals surface area contributed by atoms with Crippen molar-refractivity contribution in [3.8, 4) is 0 Å². The van der Waals surface area contributed by atoms with Crippen LogP contribution < -0.4 is 91.5 Å². The van der Waals surface area contributed by atoms with Gasteiger partial charge in [-0.15, -0.1) is 0 Å². The second kappa shape index (κ2) is 51.7. The fourth-order valence-corrected chi connectivity index (χ4v) is 47.6. The van der Waals surface area contributed by atoms with E-state index in [9.17, 15) is 4.69 Å². The van der Waals surface area contributed by atoms with Crippen molar-refractivity contribution in [1.29, 1.82) is 0 Å². The van der Waals surface area contributed by atoms with Gasteiger partial charge in [-0.05, 0) is 0 Å². The second-order valence-corrected chi connectivity index (χ2v) is 60.0. The first-order chi connectivity index (χ1) is 57.1. The quantitative estimate of drug-likeness (QED) is 0.0766. The Morgan fingerprint density at radius 2 is 0.193 bits per heavy atom. The summed E-state index contributed by atoms with van der Waals surface area (Å²) in [5.74, 6) is 0. The molecule has 0 fully saturated rings. The van der Waals surface area contributed by atoms with Crippen molar-refractivity contribution in [1.82, 2.24) is 0 Å².